The molecule has 0 amide bonds. The van der Waals surface area contributed by atoms with E-state index in [1.54, 1.807) is 11.1 Å². The van der Waals surface area contributed by atoms with Gasteiger partial charge in [-0.2, -0.15) is 0 Å². The lowest BCUT2D eigenvalue weighted by Crippen LogP contribution is -2.24. The fourth-order valence-electron chi connectivity index (χ4n) is 4.67. The Kier molecular flexibility index (Phi) is 3.32. The summed E-state index contributed by atoms with van der Waals surface area (Å²) in [6.07, 6.45) is 13.5. The zero-order valence-corrected chi connectivity index (χ0v) is 13.3. The summed E-state index contributed by atoms with van der Waals surface area (Å²) in [5.74, 6) is 0. The monoisotopic (exact) mass is 280 g/mol. The van der Waals surface area contributed by atoms with E-state index in [0.717, 1.165) is 0 Å². The van der Waals surface area contributed by atoms with Crippen LogP contribution in [0.1, 0.15) is 82.3 Å². The van der Waals surface area contributed by atoms with E-state index < -0.39 is 0 Å². The molecule has 21 heavy (non-hydrogen) atoms. The molecule has 1 aromatic carbocycles. The molecular formula is C20H26N. The number of benzene rings is 1. The van der Waals surface area contributed by atoms with Crippen LogP contribution in [-0.4, -0.2) is 0 Å². The van der Waals surface area contributed by atoms with E-state index in [9.17, 15) is 0 Å². The second-order valence-corrected chi connectivity index (χ2v) is 7.42. The third-order valence-corrected chi connectivity index (χ3v) is 5.90. The molecule has 0 aromatic heterocycles. The average Bonchev–Trinajstić information content (AvgIpc) is 3.03. The Balaban J connectivity index is 1.77. The fraction of sp³-hybridized carbons (Fsp3) is 0.600. The fourth-order valence-corrected chi connectivity index (χ4v) is 4.67. The zero-order chi connectivity index (χ0) is 14.3. The summed E-state index contributed by atoms with van der Waals surface area (Å²) in [7, 11) is 0. The Labute approximate surface area is 128 Å². The maximum Gasteiger partial charge on any atom is 0.0711 e. The highest BCUT2D eigenvalue weighted by atomic mass is 14.9. The summed E-state index contributed by atoms with van der Waals surface area (Å²) in [5, 5.41) is 4.92. The van der Waals surface area contributed by atoms with Gasteiger partial charge in [-0.25, -0.2) is 0 Å². The van der Waals surface area contributed by atoms with Crippen LogP contribution in [0.4, 0.5) is 5.69 Å². The Bertz CT molecular complexity index is 574. The van der Waals surface area contributed by atoms with Gasteiger partial charge < -0.3 is 0 Å². The molecule has 1 aromatic rings. The minimum absolute atomic E-state index is 0.367. The highest BCUT2D eigenvalue weighted by Gasteiger charge is 2.35. The predicted octanol–water partition coefficient (Wildman–Crippen LogP) is 5.83. The number of fused-ring (bicyclic) bond motifs is 2. The largest absolute Gasteiger partial charge is 0.253 e. The average molecular weight is 280 g/mol. The quantitative estimate of drug-likeness (QED) is 0.614. The van der Waals surface area contributed by atoms with Gasteiger partial charge in [-0.3, -0.25) is 5.32 Å². The Hall–Kier alpha value is -1.24. The van der Waals surface area contributed by atoms with E-state index in [4.69, 9.17) is 5.32 Å². The second kappa shape index (κ2) is 5.19. The lowest BCUT2D eigenvalue weighted by Gasteiger charge is -2.34. The first kappa shape index (κ1) is 13.4. The van der Waals surface area contributed by atoms with Crippen molar-refractivity contribution in [2.75, 3.05) is 0 Å². The molecule has 1 radical (unpaired) electrons. The zero-order valence-electron chi connectivity index (χ0n) is 13.3. The van der Waals surface area contributed by atoms with E-state index in [2.05, 4.69) is 25.1 Å². The highest BCUT2D eigenvalue weighted by Crippen LogP contribution is 2.49. The molecule has 1 aliphatic heterocycles. The van der Waals surface area contributed by atoms with Gasteiger partial charge in [0.25, 0.3) is 0 Å². The van der Waals surface area contributed by atoms with E-state index >= 15 is 0 Å². The van der Waals surface area contributed by atoms with E-state index in [-0.39, 0.29) is 0 Å². The van der Waals surface area contributed by atoms with Crippen LogP contribution in [0.5, 0.6) is 0 Å². The SMILES string of the molecule is CC1(c2cccc3c2C2=C(CCC2)[N]3)CCCCCCC1. The Morgan fingerprint density at radius 1 is 0.905 bits per heavy atom. The molecule has 0 N–H and O–H groups in total. The predicted molar refractivity (Wildman–Crippen MR) is 88.7 cm³/mol. The van der Waals surface area contributed by atoms with Crippen LogP contribution in [0.2, 0.25) is 0 Å². The first-order valence-electron chi connectivity index (χ1n) is 8.86. The van der Waals surface area contributed by atoms with Gasteiger partial charge in [-0.05, 0) is 54.7 Å². The summed E-state index contributed by atoms with van der Waals surface area (Å²) in [4.78, 5) is 0. The molecule has 0 bridgehead atoms. The van der Waals surface area contributed by atoms with Crippen LogP contribution in [0.15, 0.2) is 23.9 Å². The topological polar surface area (TPSA) is 14.1 Å². The molecule has 3 aliphatic rings. The van der Waals surface area contributed by atoms with Gasteiger partial charge in [0, 0.05) is 11.3 Å². The minimum atomic E-state index is 0.367. The summed E-state index contributed by atoms with van der Waals surface area (Å²) in [5.41, 5.74) is 7.76. The Morgan fingerprint density at radius 3 is 2.48 bits per heavy atom. The van der Waals surface area contributed by atoms with Crippen LogP contribution in [0, 0.1) is 0 Å². The number of rotatable bonds is 1. The summed E-state index contributed by atoms with van der Waals surface area (Å²) in [6, 6.07) is 6.87. The summed E-state index contributed by atoms with van der Waals surface area (Å²) < 4.78 is 0. The number of allylic oxidation sites excluding steroid dienone is 2. The normalized spacial score (nSPS) is 24.0. The van der Waals surface area contributed by atoms with Crippen molar-refractivity contribution in [3.63, 3.8) is 0 Å². The molecule has 1 heteroatoms. The molecule has 0 saturated heterocycles. The molecule has 1 heterocycles. The molecule has 0 unspecified atom stereocenters. The van der Waals surface area contributed by atoms with Crippen molar-refractivity contribution < 1.29 is 0 Å². The van der Waals surface area contributed by atoms with Crippen molar-refractivity contribution in [3.8, 4) is 0 Å². The number of nitrogens with zero attached hydrogens (tertiary/aromatic N) is 1. The number of hydrogen-bond acceptors (Lipinski definition) is 0. The minimum Gasteiger partial charge on any atom is -0.253 e. The van der Waals surface area contributed by atoms with E-state index in [1.165, 1.54) is 81.2 Å². The van der Waals surface area contributed by atoms with Gasteiger partial charge in [0.05, 0.1) is 5.69 Å². The van der Waals surface area contributed by atoms with Gasteiger partial charge in [-0.1, -0.05) is 51.2 Å². The lowest BCUT2D eigenvalue weighted by molar-refractivity contribution is 0.340. The lowest BCUT2D eigenvalue weighted by atomic mass is 9.70. The molecule has 0 spiro atoms. The van der Waals surface area contributed by atoms with Crippen molar-refractivity contribution in [2.24, 2.45) is 0 Å². The highest BCUT2D eigenvalue weighted by molar-refractivity contribution is 5.85. The van der Waals surface area contributed by atoms with Crippen molar-refractivity contribution in [1.82, 2.24) is 5.32 Å². The van der Waals surface area contributed by atoms with Crippen molar-refractivity contribution in [1.29, 1.82) is 0 Å². The van der Waals surface area contributed by atoms with Crippen molar-refractivity contribution >= 4 is 11.3 Å². The maximum absolute atomic E-state index is 4.92. The van der Waals surface area contributed by atoms with Crippen LogP contribution in [-0.2, 0) is 5.41 Å². The number of hydrogen-bond donors (Lipinski definition) is 0. The molecule has 4 rings (SSSR count). The molecule has 1 saturated carbocycles. The Morgan fingerprint density at radius 2 is 1.67 bits per heavy atom. The summed E-state index contributed by atoms with van der Waals surface area (Å²) >= 11 is 0. The smallest absolute Gasteiger partial charge is 0.0711 e. The first-order valence-corrected chi connectivity index (χ1v) is 8.86. The molecule has 1 fully saturated rings. The van der Waals surface area contributed by atoms with E-state index in [1.807, 2.05) is 0 Å². The second-order valence-electron chi connectivity index (χ2n) is 7.42. The van der Waals surface area contributed by atoms with Gasteiger partial charge in [0.1, 0.15) is 0 Å². The first-order chi connectivity index (χ1) is 10.3. The molecular weight excluding hydrogens is 254 g/mol. The third kappa shape index (κ3) is 2.22. The molecule has 1 nitrogen and oxygen atoms in total. The third-order valence-electron chi connectivity index (χ3n) is 5.90. The van der Waals surface area contributed by atoms with Crippen LogP contribution in [0.3, 0.4) is 0 Å². The summed E-state index contributed by atoms with van der Waals surface area (Å²) in [6.45, 7) is 2.52. The van der Waals surface area contributed by atoms with Crippen LogP contribution in [0.25, 0.3) is 5.57 Å². The molecule has 0 atom stereocenters. The standard InChI is InChI=1S/C20H26N/c1-20(13-5-3-2-4-6-14-20)16-10-8-12-18-19(16)15-9-7-11-17(15)21-18/h8,10,12H,2-7,9,11,13-14H2,1H3. The van der Waals surface area contributed by atoms with Gasteiger partial charge in [0.15, 0.2) is 0 Å². The molecule has 2 aliphatic carbocycles. The van der Waals surface area contributed by atoms with Gasteiger partial charge in [-0.15, -0.1) is 0 Å². The maximum atomic E-state index is 4.92. The van der Waals surface area contributed by atoms with Gasteiger partial charge >= 0.3 is 0 Å². The van der Waals surface area contributed by atoms with Crippen molar-refractivity contribution in [3.05, 3.63) is 35.0 Å². The molecule has 111 valence electrons. The van der Waals surface area contributed by atoms with Gasteiger partial charge in [0.2, 0.25) is 0 Å². The van der Waals surface area contributed by atoms with Crippen molar-refractivity contribution in [2.45, 2.75) is 76.5 Å². The van der Waals surface area contributed by atoms with Crippen LogP contribution < -0.4 is 5.32 Å². The van der Waals surface area contributed by atoms with Crippen LogP contribution >= 0.6 is 0 Å². The van der Waals surface area contributed by atoms with E-state index in [0.29, 0.717) is 5.41 Å².